The van der Waals surface area contributed by atoms with Gasteiger partial charge in [0, 0.05) is 47.1 Å². The summed E-state index contributed by atoms with van der Waals surface area (Å²) in [6.45, 7) is 0. The molecule has 3 aliphatic rings. The van der Waals surface area contributed by atoms with Crippen molar-refractivity contribution in [2.24, 2.45) is 0 Å². The third-order valence-electron chi connectivity index (χ3n) is 8.65. The Hall–Kier alpha value is -3.83. The highest BCUT2D eigenvalue weighted by molar-refractivity contribution is 7.91. The van der Waals surface area contributed by atoms with Gasteiger partial charge in [-0.25, -0.2) is 13.4 Å². The number of nitrogen functional groups attached to an aromatic ring is 1. The van der Waals surface area contributed by atoms with E-state index in [1.54, 1.807) is 12.4 Å². The molecule has 11 heteroatoms. The molecule has 3 fully saturated rings. The molecule has 7 rings (SSSR count). The Kier molecular flexibility index (Phi) is 5.56. The van der Waals surface area contributed by atoms with E-state index in [4.69, 9.17) is 10.7 Å². The fourth-order valence-corrected chi connectivity index (χ4v) is 7.57. The van der Waals surface area contributed by atoms with Crippen LogP contribution in [0.15, 0.2) is 59.8 Å². The van der Waals surface area contributed by atoms with Gasteiger partial charge in [0.2, 0.25) is 0 Å². The van der Waals surface area contributed by atoms with Gasteiger partial charge in [0.15, 0.2) is 15.5 Å². The molecule has 4 aromatic rings. The lowest BCUT2D eigenvalue weighted by atomic mass is 9.87. The number of sulfone groups is 1. The minimum atomic E-state index is -3.74. The van der Waals surface area contributed by atoms with Crippen LogP contribution in [0.1, 0.15) is 50.1 Å². The number of nitrogens with two attached hydrogens (primary N) is 1. The van der Waals surface area contributed by atoms with Crippen molar-refractivity contribution < 1.29 is 18.3 Å². The van der Waals surface area contributed by atoms with Crippen LogP contribution in [0.5, 0.6) is 0 Å². The van der Waals surface area contributed by atoms with Gasteiger partial charge in [-0.2, -0.15) is 9.61 Å². The Morgan fingerprint density at radius 3 is 2.33 bits per heavy atom. The number of carbonyl (C=O) groups excluding carboxylic acids is 1. The van der Waals surface area contributed by atoms with Crippen LogP contribution in [0.2, 0.25) is 0 Å². The van der Waals surface area contributed by atoms with Crippen molar-refractivity contribution in [3.8, 4) is 22.4 Å². The molecule has 1 amide bonds. The van der Waals surface area contributed by atoms with Gasteiger partial charge < -0.3 is 15.7 Å². The predicted molar refractivity (Wildman–Crippen MR) is 149 cm³/mol. The highest BCUT2D eigenvalue weighted by Crippen LogP contribution is 2.48. The summed E-state index contributed by atoms with van der Waals surface area (Å²) in [5.74, 6) is -0.358. The smallest absolute Gasteiger partial charge is 0.255 e. The summed E-state index contributed by atoms with van der Waals surface area (Å²) in [5.41, 5.74) is 9.50. The predicted octanol–water partition coefficient (Wildman–Crippen LogP) is 3.21. The maximum Gasteiger partial charge on any atom is 0.255 e. The van der Waals surface area contributed by atoms with E-state index in [9.17, 15) is 18.3 Å². The summed E-state index contributed by atoms with van der Waals surface area (Å²) >= 11 is 0. The lowest BCUT2D eigenvalue weighted by Gasteiger charge is -2.40. The topological polar surface area (TPSA) is 144 Å². The molecule has 5 heterocycles. The largest absolute Gasteiger partial charge is 0.382 e. The number of hydrogen-bond acceptors (Lipinski definition) is 8. The van der Waals surface area contributed by atoms with Crippen molar-refractivity contribution in [3.63, 3.8) is 0 Å². The van der Waals surface area contributed by atoms with Crippen LogP contribution in [0.25, 0.3) is 28.0 Å². The molecule has 1 saturated carbocycles. The van der Waals surface area contributed by atoms with E-state index in [2.05, 4.69) is 10.1 Å². The number of aliphatic hydroxyl groups is 1. The number of hydrogen-bond donors (Lipinski definition) is 2. The lowest BCUT2D eigenvalue weighted by Crippen LogP contribution is -2.51. The van der Waals surface area contributed by atoms with Gasteiger partial charge in [-0.15, -0.1) is 0 Å². The summed E-state index contributed by atoms with van der Waals surface area (Å²) in [6.07, 6.45) is 8.33. The second kappa shape index (κ2) is 8.84. The van der Waals surface area contributed by atoms with Crippen LogP contribution in [-0.4, -0.2) is 67.9 Å². The molecule has 2 aliphatic heterocycles. The third kappa shape index (κ3) is 3.98. The summed E-state index contributed by atoms with van der Waals surface area (Å²) in [7, 11) is -3.74. The molecule has 2 saturated heterocycles. The van der Waals surface area contributed by atoms with Crippen molar-refractivity contribution in [1.82, 2.24) is 24.5 Å². The first-order valence-corrected chi connectivity index (χ1v) is 15.5. The molecule has 3 N–H and O–H groups in total. The van der Waals surface area contributed by atoms with Crippen molar-refractivity contribution in [2.75, 3.05) is 12.0 Å². The molecule has 0 spiro atoms. The Morgan fingerprint density at radius 2 is 1.73 bits per heavy atom. The molecule has 40 heavy (non-hydrogen) atoms. The lowest BCUT2D eigenvalue weighted by molar-refractivity contribution is -0.147. The number of carbonyl (C=O) groups is 1. The molecular formula is C29H30N6O4S. The van der Waals surface area contributed by atoms with E-state index in [0.29, 0.717) is 42.6 Å². The van der Waals surface area contributed by atoms with Gasteiger partial charge >= 0.3 is 0 Å². The van der Waals surface area contributed by atoms with E-state index >= 15 is 0 Å². The van der Waals surface area contributed by atoms with Crippen molar-refractivity contribution in [3.05, 3.63) is 60.6 Å². The molecule has 2 atom stereocenters. The maximum absolute atomic E-state index is 13.0. The van der Waals surface area contributed by atoms with Gasteiger partial charge in [-0.05, 0) is 44.6 Å². The number of aromatic nitrogens is 4. The van der Waals surface area contributed by atoms with Crippen molar-refractivity contribution in [2.45, 2.75) is 67.0 Å². The summed E-state index contributed by atoms with van der Waals surface area (Å²) in [5, 5.41) is 14.9. The third-order valence-corrected chi connectivity index (χ3v) is 9.81. The van der Waals surface area contributed by atoms with Crippen LogP contribution >= 0.6 is 0 Å². The zero-order valence-corrected chi connectivity index (χ0v) is 22.9. The number of anilines is 1. The highest BCUT2D eigenvalue weighted by atomic mass is 32.2. The van der Waals surface area contributed by atoms with Crippen LogP contribution in [0, 0.1) is 0 Å². The fraction of sp³-hybridized carbons (Fsp3) is 0.379. The van der Waals surface area contributed by atoms with Gasteiger partial charge in [0.05, 0.1) is 17.6 Å². The average molecular weight is 559 g/mol. The van der Waals surface area contributed by atoms with Crippen molar-refractivity contribution >= 4 is 27.2 Å². The zero-order valence-electron chi connectivity index (χ0n) is 22.1. The molecule has 2 unspecified atom stereocenters. The van der Waals surface area contributed by atoms with E-state index in [1.807, 2.05) is 47.4 Å². The number of pyridine rings is 1. The van der Waals surface area contributed by atoms with E-state index < -0.39 is 15.4 Å². The zero-order chi connectivity index (χ0) is 27.8. The van der Waals surface area contributed by atoms with Crippen LogP contribution in [0.4, 0.5) is 5.82 Å². The maximum atomic E-state index is 13.0. The fourth-order valence-electron chi connectivity index (χ4n) is 6.52. The Bertz CT molecular complexity index is 1730. The van der Waals surface area contributed by atoms with Gasteiger partial charge in [0.25, 0.3) is 5.91 Å². The number of piperidine rings is 1. The van der Waals surface area contributed by atoms with Gasteiger partial charge in [0.1, 0.15) is 16.3 Å². The Morgan fingerprint density at radius 1 is 1.02 bits per heavy atom. The first kappa shape index (κ1) is 25.2. The molecule has 1 aliphatic carbocycles. The first-order chi connectivity index (χ1) is 19.1. The SMILES string of the molecule is CS(=O)(=O)c1c(C2CC3CCC(C2)N3C(=O)C2(O)CC2)nc2c(-c3ccc(-c4ccccc4)nc3)cnn2c1N. The second-order valence-corrected chi connectivity index (χ2v) is 13.3. The summed E-state index contributed by atoms with van der Waals surface area (Å²) < 4.78 is 27.4. The molecule has 2 bridgehead atoms. The molecule has 3 aromatic heterocycles. The standard InChI is InChI=1S/C29H30N6O4S/c1-40(38,39)25-24(19-13-20-8-9-21(14-19)34(20)28(36)29(37)11-12-29)33-27-22(16-32-35(27)26(25)30)18-7-10-23(31-15-18)17-5-3-2-4-6-17/h2-7,10,15-16,19-21,37H,8-9,11-14,30H2,1H3. The molecule has 0 radical (unpaired) electrons. The number of nitrogens with zero attached hydrogens (tertiary/aromatic N) is 5. The number of fused-ring (bicyclic) bond motifs is 3. The number of rotatable bonds is 5. The minimum absolute atomic E-state index is 0.00259. The molecule has 1 aromatic carbocycles. The highest BCUT2D eigenvalue weighted by Gasteiger charge is 2.55. The molecular weight excluding hydrogens is 528 g/mol. The number of amides is 1. The number of benzene rings is 1. The Balaban J connectivity index is 1.29. The van der Waals surface area contributed by atoms with Crippen LogP contribution in [0.3, 0.4) is 0 Å². The normalized spacial score (nSPS) is 23.4. The van der Waals surface area contributed by atoms with Crippen molar-refractivity contribution in [1.29, 1.82) is 0 Å². The van der Waals surface area contributed by atoms with Crippen LogP contribution < -0.4 is 5.73 Å². The Labute approximate surface area is 231 Å². The van der Waals surface area contributed by atoms with Crippen LogP contribution in [-0.2, 0) is 14.6 Å². The summed E-state index contributed by atoms with van der Waals surface area (Å²) in [6, 6.07) is 13.6. The quantitative estimate of drug-likeness (QED) is 0.380. The molecule has 206 valence electrons. The monoisotopic (exact) mass is 558 g/mol. The van der Waals surface area contributed by atoms with E-state index in [0.717, 1.165) is 35.9 Å². The second-order valence-electron chi connectivity index (χ2n) is 11.4. The van der Waals surface area contributed by atoms with Gasteiger partial charge in [-0.3, -0.25) is 9.78 Å². The van der Waals surface area contributed by atoms with Gasteiger partial charge in [-0.1, -0.05) is 36.4 Å². The molecule has 10 nitrogen and oxygen atoms in total. The minimum Gasteiger partial charge on any atom is -0.382 e. The first-order valence-electron chi connectivity index (χ1n) is 13.6. The average Bonchev–Trinajstić information content (AvgIpc) is 3.46. The van der Waals surface area contributed by atoms with E-state index in [1.165, 1.54) is 4.52 Å². The summed E-state index contributed by atoms with van der Waals surface area (Å²) in [4.78, 5) is 24.5. The van der Waals surface area contributed by atoms with E-state index in [-0.39, 0.29) is 34.6 Å².